The Balaban J connectivity index is 1.53. The van der Waals surface area contributed by atoms with E-state index in [0.717, 1.165) is 55.8 Å². The van der Waals surface area contributed by atoms with E-state index in [9.17, 15) is 12.8 Å². The standard InChI is InChI=1S/C18H22ClFN4O2S2/c1-12-9-18(3-2-5-24(18)10-12)11-22-15-8-14(20)16(7-13(15)19)28(25,26)23-17-21-4-6-27-17/h4,6-8,12,22H,2-3,5,9-11H2,1H3,(H,21,23). The Hall–Kier alpha value is -1.42. The van der Waals surface area contributed by atoms with Gasteiger partial charge in [0.15, 0.2) is 5.13 Å². The number of hydrogen-bond donors (Lipinski definition) is 2. The van der Waals surface area contributed by atoms with Gasteiger partial charge in [-0.1, -0.05) is 18.5 Å². The van der Waals surface area contributed by atoms with E-state index < -0.39 is 20.7 Å². The quantitative estimate of drug-likeness (QED) is 0.703. The topological polar surface area (TPSA) is 74.3 Å². The zero-order valence-electron chi connectivity index (χ0n) is 15.4. The molecule has 4 rings (SSSR count). The molecule has 2 aliphatic heterocycles. The molecule has 0 spiro atoms. The zero-order chi connectivity index (χ0) is 19.9. The third-order valence-corrected chi connectivity index (χ3v) is 8.06. The number of halogens is 2. The summed E-state index contributed by atoms with van der Waals surface area (Å²) in [7, 11) is -4.10. The van der Waals surface area contributed by atoms with Crippen molar-refractivity contribution in [2.45, 2.75) is 36.6 Å². The molecule has 2 fully saturated rings. The van der Waals surface area contributed by atoms with Crippen molar-refractivity contribution in [3.8, 4) is 0 Å². The molecule has 2 saturated heterocycles. The van der Waals surface area contributed by atoms with Crippen LogP contribution < -0.4 is 10.0 Å². The number of nitrogens with one attached hydrogen (secondary N) is 2. The second-order valence-corrected chi connectivity index (χ2v) is 10.6. The molecule has 3 heterocycles. The van der Waals surface area contributed by atoms with Crippen molar-refractivity contribution >= 4 is 43.8 Å². The first-order valence-electron chi connectivity index (χ1n) is 9.19. The average molecular weight is 445 g/mol. The summed E-state index contributed by atoms with van der Waals surface area (Å²) in [6.07, 6.45) is 4.84. The summed E-state index contributed by atoms with van der Waals surface area (Å²) in [6, 6.07) is 2.31. The minimum atomic E-state index is -4.10. The van der Waals surface area contributed by atoms with Gasteiger partial charge in [0.25, 0.3) is 10.0 Å². The Morgan fingerprint density at radius 3 is 3.04 bits per heavy atom. The Labute approximate surface area is 173 Å². The van der Waals surface area contributed by atoms with Gasteiger partial charge >= 0.3 is 0 Å². The summed E-state index contributed by atoms with van der Waals surface area (Å²) in [5.41, 5.74) is 0.490. The maximum absolute atomic E-state index is 14.6. The summed E-state index contributed by atoms with van der Waals surface area (Å²) in [5.74, 6) is -0.213. The molecule has 0 amide bonds. The molecule has 0 saturated carbocycles. The molecule has 1 aromatic heterocycles. The van der Waals surface area contributed by atoms with E-state index in [1.165, 1.54) is 6.20 Å². The summed E-state index contributed by atoms with van der Waals surface area (Å²) in [4.78, 5) is 5.88. The van der Waals surface area contributed by atoms with Crippen molar-refractivity contribution in [3.63, 3.8) is 0 Å². The van der Waals surface area contributed by atoms with E-state index in [2.05, 4.69) is 26.8 Å². The van der Waals surface area contributed by atoms with Gasteiger partial charge in [-0.3, -0.25) is 9.62 Å². The van der Waals surface area contributed by atoms with E-state index in [-0.39, 0.29) is 15.7 Å². The van der Waals surface area contributed by atoms with E-state index in [1.807, 2.05) is 0 Å². The van der Waals surface area contributed by atoms with Gasteiger partial charge in [0.1, 0.15) is 10.7 Å². The highest BCUT2D eigenvalue weighted by Gasteiger charge is 2.46. The maximum atomic E-state index is 14.6. The molecule has 28 heavy (non-hydrogen) atoms. The van der Waals surface area contributed by atoms with Gasteiger partial charge in [-0.25, -0.2) is 17.8 Å². The van der Waals surface area contributed by atoms with Crippen molar-refractivity contribution in [1.29, 1.82) is 0 Å². The van der Waals surface area contributed by atoms with E-state index >= 15 is 0 Å². The lowest BCUT2D eigenvalue weighted by Gasteiger charge is -2.32. The predicted octanol–water partition coefficient (Wildman–Crippen LogP) is 4.02. The van der Waals surface area contributed by atoms with Gasteiger partial charge in [0.2, 0.25) is 0 Å². The molecule has 1 aromatic carbocycles. The molecule has 2 aliphatic rings. The Kier molecular flexibility index (Phi) is 5.28. The summed E-state index contributed by atoms with van der Waals surface area (Å²) >= 11 is 7.41. The lowest BCUT2D eigenvalue weighted by Crippen LogP contribution is -2.44. The van der Waals surface area contributed by atoms with Crippen LogP contribution in [0.1, 0.15) is 26.2 Å². The third-order valence-electron chi connectivity index (χ3n) is 5.57. The molecule has 6 nitrogen and oxygen atoms in total. The molecule has 2 aromatic rings. The molecule has 152 valence electrons. The van der Waals surface area contributed by atoms with E-state index in [1.54, 1.807) is 5.38 Å². The van der Waals surface area contributed by atoms with Crippen molar-refractivity contribution < 1.29 is 12.8 Å². The number of benzene rings is 1. The first kappa shape index (κ1) is 19.9. The molecule has 2 atom stereocenters. The fraction of sp³-hybridized carbons (Fsp3) is 0.500. The minimum absolute atomic E-state index is 0.0797. The number of hydrogen-bond acceptors (Lipinski definition) is 6. The first-order valence-corrected chi connectivity index (χ1v) is 11.9. The van der Waals surface area contributed by atoms with Crippen molar-refractivity contribution in [2.24, 2.45) is 5.92 Å². The van der Waals surface area contributed by atoms with E-state index in [0.29, 0.717) is 18.2 Å². The molecule has 2 N–H and O–H groups in total. The van der Waals surface area contributed by atoms with Crippen molar-refractivity contribution in [1.82, 2.24) is 9.88 Å². The number of anilines is 2. The van der Waals surface area contributed by atoms with E-state index in [4.69, 9.17) is 11.6 Å². The fourth-order valence-electron chi connectivity index (χ4n) is 4.45. The lowest BCUT2D eigenvalue weighted by atomic mass is 9.90. The van der Waals surface area contributed by atoms with Crippen molar-refractivity contribution in [2.75, 3.05) is 29.7 Å². The van der Waals surface area contributed by atoms with Gasteiger partial charge < -0.3 is 5.32 Å². The summed E-state index contributed by atoms with van der Waals surface area (Å²) in [6.45, 7) is 5.10. The number of thiazole rings is 1. The van der Waals surface area contributed by atoms with Crippen LogP contribution >= 0.6 is 22.9 Å². The highest BCUT2D eigenvalue weighted by atomic mass is 35.5. The highest BCUT2D eigenvalue weighted by Crippen LogP contribution is 2.42. The number of sulfonamides is 1. The molecule has 0 radical (unpaired) electrons. The van der Waals surface area contributed by atoms with Crippen molar-refractivity contribution in [3.05, 3.63) is 34.5 Å². The molecule has 0 aliphatic carbocycles. The van der Waals surface area contributed by atoms with Gasteiger partial charge in [0, 0.05) is 30.2 Å². The van der Waals surface area contributed by atoms with Crippen LogP contribution in [0.15, 0.2) is 28.6 Å². The summed E-state index contributed by atoms with van der Waals surface area (Å²) < 4.78 is 41.8. The predicted molar refractivity (Wildman–Crippen MR) is 110 cm³/mol. The average Bonchev–Trinajstić information content (AvgIpc) is 3.31. The van der Waals surface area contributed by atoms with Crippen LogP contribution in [0.4, 0.5) is 15.2 Å². The largest absolute Gasteiger partial charge is 0.382 e. The molecule has 10 heteroatoms. The molecule has 2 unspecified atom stereocenters. The maximum Gasteiger partial charge on any atom is 0.266 e. The first-order chi connectivity index (χ1) is 13.3. The molecule has 0 bridgehead atoms. The number of rotatable bonds is 6. The van der Waals surface area contributed by atoms with Gasteiger partial charge in [-0.2, -0.15) is 0 Å². The lowest BCUT2D eigenvalue weighted by molar-refractivity contribution is 0.209. The van der Waals surface area contributed by atoms with Gasteiger partial charge in [-0.05, 0) is 43.9 Å². The fourth-order valence-corrected chi connectivity index (χ4v) is 6.62. The van der Waals surface area contributed by atoms with Crippen LogP contribution in [0.3, 0.4) is 0 Å². The zero-order valence-corrected chi connectivity index (χ0v) is 17.8. The SMILES string of the molecule is CC1CN2CCCC2(CNc2cc(F)c(S(=O)(=O)Nc3nccs3)cc2Cl)C1. The summed E-state index contributed by atoms with van der Waals surface area (Å²) in [5, 5.41) is 5.24. The minimum Gasteiger partial charge on any atom is -0.382 e. The highest BCUT2D eigenvalue weighted by molar-refractivity contribution is 7.93. The number of fused-ring (bicyclic) bond motifs is 1. The molecular formula is C18H22ClFN4O2S2. The third kappa shape index (κ3) is 3.72. The molecular weight excluding hydrogens is 423 g/mol. The van der Waals surface area contributed by atoms with Crippen LogP contribution in [0, 0.1) is 11.7 Å². The van der Waals surface area contributed by atoms with Gasteiger partial charge in [-0.15, -0.1) is 11.3 Å². The van der Waals surface area contributed by atoms with Crippen LogP contribution in [-0.4, -0.2) is 43.5 Å². The van der Waals surface area contributed by atoms with Crippen LogP contribution in [0.5, 0.6) is 0 Å². The van der Waals surface area contributed by atoms with Gasteiger partial charge in [0.05, 0.1) is 10.7 Å². The van der Waals surface area contributed by atoms with Crippen LogP contribution in [-0.2, 0) is 10.0 Å². The Bertz CT molecular complexity index is 970. The monoisotopic (exact) mass is 444 g/mol. The second-order valence-electron chi connectivity index (χ2n) is 7.64. The normalized spacial score (nSPS) is 25.0. The number of nitrogens with zero attached hydrogens (tertiary/aromatic N) is 2. The smallest absolute Gasteiger partial charge is 0.266 e. The number of aromatic nitrogens is 1. The Morgan fingerprint density at radius 2 is 2.29 bits per heavy atom. The van der Waals surface area contributed by atoms with Crippen LogP contribution in [0.25, 0.3) is 0 Å². The Morgan fingerprint density at radius 1 is 1.46 bits per heavy atom. The van der Waals surface area contributed by atoms with Crippen LogP contribution in [0.2, 0.25) is 5.02 Å². The second kappa shape index (κ2) is 7.44.